The molecule has 0 aromatic heterocycles. The van der Waals surface area contributed by atoms with Gasteiger partial charge in [0.15, 0.2) is 0 Å². The zero-order valence-electron chi connectivity index (χ0n) is 6.80. The van der Waals surface area contributed by atoms with Crippen molar-refractivity contribution in [2.24, 2.45) is 0 Å². The highest BCUT2D eigenvalue weighted by atomic mass is 127. The van der Waals surface area contributed by atoms with E-state index in [0.29, 0.717) is 6.04 Å². The third kappa shape index (κ3) is 2.18. The van der Waals surface area contributed by atoms with Gasteiger partial charge in [0, 0.05) is 19.5 Å². The molecule has 1 atom stereocenters. The maximum absolute atomic E-state index is 11.0. The van der Waals surface area contributed by atoms with Crippen LogP contribution in [0, 0.1) is 0 Å². The van der Waals surface area contributed by atoms with Gasteiger partial charge in [0.05, 0.1) is 0 Å². The van der Waals surface area contributed by atoms with Gasteiger partial charge in [-0.2, -0.15) is 0 Å². The van der Waals surface area contributed by atoms with Gasteiger partial charge in [-0.25, -0.2) is 0 Å². The summed E-state index contributed by atoms with van der Waals surface area (Å²) in [6.45, 7) is 4.50. The summed E-state index contributed by atoms with van der Waals surface area (Å²) in [5, 5.41) is 0. The molecule has 0 aliphatic carbocycles. The standard InChI is InChI=1S/C8H12INO/c1-6-5-8(9)3-4-10(6)7(2)11/h3,6H,4-5H2,1-2H3/t6-/m1/s1. The molecule has 0 unspecified atom stereocenters. The molecule has 0 spiro atoms. The van der Waals surface area contributed by atoms with Crippen molar-refractivity contribution < 1.29 is 4.79 Å². The quantitative estimate of drug-likeness (QED) is 0.613. The highest BCUT2D eigenvalue weighted by Gasteiger charge is 2.19. The number of amides is 1. The number of rotatable bonds is 0. The fourth-order valence-corrected chi connectivity index (χ4v) is 2.13. The number of hydrogen-bond donors (Lipinski definition) is 0. The highest BCUT2D eigenvalue weighted by molar-refractivity contribution is 14.1. The van der Waals surface area contributed by atoms with Crippen molar-refractivity contribution in [2.45, 2.75) is 26.3 Å². The van der Waals surface area contributed by atoms with Crippen LogP contribution in [0.4, 0.5) is 0 Å². The maximum Gasteiger partial charge on any atom is 0.219 e. The molecule has 1 amide bonds. The summed E-state index contributed by atoms with van der Waals surface area (Å²) < 4.78 is 1.37. The van der Waals surface area contributed by atoms with E-state index < -0.39 is 0 Å². The SMILES string of the molecule is CC(=O)N1CC=C(I)C[C@H]1C. The largest absolute Gasteiger partial charge is 0.336 e. The summed E-state index contributed by atoms with van der Waals surface area (Å²) >= 11 is 2.33. The smallest absolute Gasteiger partial charge is 0.219 e. The van der Waals surface area contributed by atoms with Crippen LogP contribution in [0.25, 0.3) is 0 Å². The Morgan fingerprint density at radius 1 is 1.82 bits per heavy atom. The first-order valence-corrected chi connectivity index (χ1v) is 4.81. The van der Waals surface area contributed by atoms with E-state index in [2.05, 4.69) is 35.6 Å². The van der Waals surface area contributed by atoms with Crippen LogP contribution in [0.3, 0.4) is 0 Å². The summed E-state index contributed by atoms with van der Waals surface area (Å²) in [6, 6.07) is 0.379. The zero-order chi connectivity index (χ0) is 8.43. The predicted molar refractivity (Wildman–Crippen MR) is 53.6 cm³/mol. The topological polar surface area (TPSA) is 20.3 Å². The van der Waals surface area contributed by atoms with Gasteiger partial charge in [-0.15, -0.1) is 0 Å². The molecule has 0 bridgehead atoms. The van der Waals surface area contributed by atoms with Gasteiger partial charge >= 0.3 is 0 Å². The first-order valence-electron chi connectivity index (χ1n) is 3.73. The van der Waals surface area contributed by atoms with E-state index in [0.717, 1.165) is 13.0 Å². The summed E-state index contributed by atoms with van der Waals surface area (Å²) in [7, 11) is 0. The van der Waals surface area contributed by atoms with Gasteiger partial charge in [-0.05, 0) is 39.5 Å². The first-order chi connectivity index (χ1) is 5.11. The molecule has 0 saturated carbocycles. The van der Waals surface area contributed by atoms with Gasteiger partial charge in [0.2, 0.25) is 5.91 Å². The Balaban J connectivity index is 2.65. The van der Waals surface area contributed by atoms with Crippen molar-refractivity contribution in [1.82, 2.24) is 4.90 Å². The van der Waals surface area contributed by atoms with Crippen LogP contribution in [-0.2, 0) is 4.79 Å². The van der Waals surface area contributed by atoms with Crippen LogP contribution < -0.4 is 0 Å². The number of carbonyl (C=O) groups is 1. The minimum atomic E-state index is 0.178. The second-order valence-electron chi connectivity index (χ2n) is 2.88. The summed E-state index contributed by atoms with van der Waals surface area (Å²) in [6.07, 6.45) is 3.13. The molecule has 11 heavy (non-hydrogen) atoms. The number of hydrogen-bond acceptors (Lipinski definition) is 1. The van der Waals surface area contributed by atoms with Crippen molar-refractivity contribution >= 4 is 28.5 Å². The molecule has 1 heterocycles. The molecular formula is C8H12INO. The second-order valence-corrected chi connectivity index (χ2v) is 4.26. The Labute approximate surface area is 80.8 Å². The van der Waals surface area contributed by atoms with Crippen LogP contribution in [0.15, 0.2) is 9.66 Å². The summed E-state index contributed by atoms with van der Waals surface area (Å²) in [5.74, 6) is 0.178. The van der Waals surface area contributed by atoms with Gasteiger partial charge < -0.3 is 4.90 Å². The highest BCUT2D eigenvalue weighted by Crippen LogP contribution is 2.22. The van der Waals surface area contributed by atoms with Gasteiger partial charge in [0.1, 0.15) is 0 Å². The molecule has 0 saturated heterocycles. The Hall–Kier alpha value is -0.0600. The van der Waals surface area contributed by atoms with Crippen molar-refractivity contribution in [3.63, 3.8) is 0 Å². The average molecular weight is 265 g/mol. The second kappa shape index (κ2) is 3.56. The molecule has 62 valence electrons. The maximum atomic E-state index is 11.0. The van der Waals surface area contributed by atoms with Crippen LogP contribution >= 0.6 is 22.6 Å². The minimum Gasteiger partial charge on any atom is -0.336 e. The normalized spacial score (nSPS) is 24.8. The molecule has 2 nitrogen and oxygen atoms in total. The number of carbonyl (C=O) groups excluding carboxylic acids is 1. The van der Waals surface area contributed by atoms with E-state index in [1.54, 1.807) is 6.92 Å². The molecule has 1 aliphatic heterocycles. The molecule has 3 heteroatoms. The lowest BCUT2D eigenvalue weighted by molar-refractivity contribution is -0.130. The van der Waals surface area contributed by atoms with Crippen LogP contribution in [0.5, 0.6) is 0 Å². The number of nitrogens with zero attached hydrogens (tertiary/aromatic N) is 1. The van der Waals surface area contributed by atoms with Crippen LogP contribution in [0.2, 0.25) is 0 Å². The van der Waals surface area contributed by atoms with E-state index >= 15 is 0 Å². The van der Waals surface area contributed by atoms with E-state index in [1.165, 1.54) is 3.58 Å². The lowest BCUT2D eigenvalue weighted by Gasteiger charge is -2.30. The Morgan fingerprint density at radius 2 is 2.45 bits per heavy atom. The predicted octanol–water partition coefficient (Wildman–Crippen LogP) is 1.95. The molecule has 0 fully saturated rings. The van der Waals surface area contributed by atoms with Gasteiger partial charge in [-0.3, -0.25) is 4.79 Å². The van der Waals surface area contributed by atoms with E-state index in [1.807, 2.05) is 4.90 Å². The lowest BCUT2D eigenvalue weighted by Crippen LogP contribution is -2.39. The van der Waals surface area contributed by atoms with Crippen molar-refractivity contribution in [3.8, 4) is 0 Å². The minimum absolute atomic E-state index is 0.178. The van der Waals surface area contributed by atoms with E-state index in [9.17, 15) is 4.79 Å². The molecular weight excluding hydrogens is 253 g/mol. The zero-order valence-corrected chi connectivity index (χ0v) is 8.96. The molecule has 0 aromatic carbocycles. The monoisotopic (exact) mass is 265 g/mol. The molecule has 0 radical (unpaired) electrons. The van der Waals surface area contributed by atoms with Crippen LogP contribution in [0.1, 0.15) is 20.3 Å². The van der Waals surface area contributed by atoms with Crippen LogP contribution in [-0.4, -0.2) is 23.4 Å². The third-order valence-corrected chi connectivity index (χ3v) is 2.82. The number of halogens is 1. The first kappa shape index (κ1) is 9.03. The van der Waals surface area contributed by atoms with Crippen molar-refractivity contribution in [3.05, 3.63) is 9.66 Å². The van der Waals surface area contributed by atoms with E-state index in [4.69, 9.17) is 0 Å². The molecule has 1 aliphatic rings. The van der Waals surface area contributed by atoms with Crippen molar-refractivity contribution in [1.29, 1.82) is 0 Å². The summed E-state index contributed by atoms with van der Waals surface area (Å²) in [5.41, 5.74) is 0. The van der Waals surface area contributed by atoms with Gasteiger partial charge in [0.25, 0.3) is 0 Å². The molecule has 0 aromatic rings. The fourth-order valence-electron chi connectivity index (χ4n) is 1.29. The fraction of sp³-hybridized carbons (Fsp3) is 0.625. The Kier molecular flexibility index (Phi) is 2.92. The lowest BCUT2D eigenvalue weighted by atomic mass is 10.1. The average Bonchev–Trinajstić information content (AvgIpc) is 1.85. The van der Waals surface area contributed by atoms with Crippen molar-refractivity contribution in [2.75, 3.05) is 6.54 Å². The third-order valence-electron chi connectivity index (χ3n) is 1.94. The Morgan fingerprint density at radius 3 is 2.91 bits per heavy atom. The summed E-state index contributed by atoms with van der Waals surface area (Å²) in [4.78, 5) is 12.9. The molecule has 0 N–H and O–H groups in total. The van der Waals surface area contributed by atoms with E-state index in [-0.39, 0.29) is 5.91 Å². The van der Waals surface area contributed by atoms with Gasteiger partial charge in [-0.1, -0.05) is 6.08 Å². The Bertz CT molecular complexity index is 200. The molecule has 1 rings (SSSR count).